The van der Waals surface area contributed by atoms with E-state index in [0.29, 0.717) is 55.4 Å². The van der Waals surface area contributed by atoms with Gasteiger partial charge in [0.15, 0.2) is 17.4 Å². The van der Waals surface area contributed by atoms with Gasteiger partial charge >= 0.3 is 0 Å². The molecule has 2 aromatic heterocycles. The van der Waals surface area contributed by atoms with E-state index >= 15 is 0 Å². The summed E-state index contributed by atoms with van der Waals surface area (Å²) in [5, 5.41) is 32.6. The number of Topliss-reactive ketones (excluding diaryl/α,β-unsaturated/α-hetero) is 3. The van der Waals surface area contributed by atoms with Gasteiger partial charge in [0.1, 0.15) is 36.1 Å². The van der Waals surface area contributed by atoms with E-state index in [1.807, 2.05) is 138 Å². The van der Waals surface area contributed by atoms with Gasteiger partial charge in [0, 0.05) is 92.3 Å². The summed E-state index contributed by atoms with van der Waals surface area (Å²) in [5.41, 5.74) is 13.4. The van der Waals surface area contributed by atoms with Crippen LogP contribution in [-0.2, 0) is 46.6 Å². The number of aryl methyl sites for hydroxylation is 2. The number of rotatable bonds is 34. The number of aliphatic hydroxyl groups is 2. The van der Waals surface area contributed by atoms with Crippen molar-refractivity contribution in [3.05, 3.63) is 139 Å². The molecule has 0 spiro atoms. The number of ketones is 3. The number of hydrogen-bond donors (Lipinski definition) is 7. The van der Waals surface area contributed by atoms with Crippen molar-refractivity contribution in [1.82, 2.24) is 35.7 Å². The number of thiazole rings is 2. The second-order valence-corrected chi connectivity index (χ2v) is 31.0. The molecule has 6 atom stereocenters. The van der Waals surface area contributed by atoms with Gasteiger partial charge in [0.05, 0.1) is 55.7 Å². The number of hydrogen-bond acceptors (Lipinski definition) is 17. The van der Waals surface area contributed by atoms with Crippen molar-refractivity contribution in [2.24, 2.45) is 28.4 Å². The standard InChI is InChI=1S/C46H55F3IN5O6S.C29H42N4O4S/c1-28-43(62-27-53-28)30-12-10-29(11-13-30)24-52-44(59)39-23-33(57)25-55(39)45(60)35(46(2,3)4)22-32(56)9-6-5-7-18-51-19-8-20-61-26-40(58)34-15-16-36(47)41(49)42(34)54-38-17-14-31(50)21-37(38)48;1-19-26(38-18-32-19)21-11-9-20(10-12-21)16-31-27(36)25-15-23(35)17-33(25)28(37)24(29(2,3)4)14-22(34)8-6-5-7-13-30/h10-17,21,27,33,35,39,51,54,57H,5-9,18-20,22-26H2,1-4H3,(H,52,59);9-12,18,23-25,35H,5-8,13-17,30H2,1-4H3,(H,31,36)/t33-,35-,39+;23-,24-,25+/m11/s1. The molecule has 100 heavy (non-hydrogen) atoms. The number of unbranched alkanes of at least 4 members (excludes halogenated alkanes) is 4. The Bertz CT molecular complexity index is 3730. The van der Waals surface area contributed by atoms with E-state index in [9.17, 15) is 56.9 Å². The zero-order valence-corrected chi connectivity index (χ0v) is 62.3. The quantitative estimate of drug-likeness (QED) is 0.0112. The monoisotopic (exact) mass is 1530 g/mol. The first kappa shape index (κ1) is 80.5. The predicted octanol–water partition coefficient (Wildman–Crippen LogP) is 12.4. The summed E-state index contributed by atoms with van der Waals surface area (Å²) < 4.78 is 49.3. The number of amides is 4. The average molecular weight is 1530 g/mol. The minimum absolute atomic E-state index is 0.0241. The van der Waals surface area contributed by atoms with Gasteiger partial charge in [-0.05, 0) is 152 Å². The largest absolute Gasteiger partial charge is 0.391 e. The van der Waals surface area contributed by atoms with E-state index < -0.39 is 75.9 Å². The van der Waals surface area contributed by atoms with Crippen molar-refractivity contribution in [2.45, 2.75) is 176 Å². The first-order chi connectivity index (χ1) is 47.5. The summed E-state index contributed by atoms with van der Waals surface area (Å²) in [6, 6.07) is 20.4. The number of carbonyl (C=O) groups excluding carboxylic acids is 7. The van der Waals surface area contributed by atoms with E-state index in [0.717, 1.165) is 87.6 Å². The highest BCUT2D eigenvalue weighted by atomic mass is 127. The number of aliphatic hydroxyl groups excluding tert-OH is 2. The molecule has 4 aromatic carbocycles. The van der Waals surface area contributed by atoms with Gasteiger partial charge in [-0.1, -0.05) is 103 Å². The van der Waals surface area contributed by atoms with Crippen LogP contribution in [0, 0.1) is 57.5 Å². The van der Waals surface area contributed by atoms with Gasteiger partial charge < -0.3 is 51.8 Å². The number of anilines is 2. The van der Waals surface area contributed by atoms with Gasteiger partial charge in [-0.15, -0.1) is 22.7 Å². The first-order valence-corrected chi connectivity index (χ1v) is 37.1. The lowest BCUT2D eigenvalue weighted by atomic mass is 9.76. The highest BCUT2D eigenvalue weighted by Gasteiger charge is 2.46. The molecule has 2 saturated heterocycles. The molecule has 0 radical (unpaired) electrons. The lowest BCUT2D eigenvalue weighted by Crippen LogP contribution is -2.50. The predicted molar refractivity (Wildman–Crippen MR) is 393 cm³/mol. The first-order valence-electron chi connectivity index (χ1n) is 34.3. The maximum absolute atomic E-state index is 14.7. The van der Waals surface area contributed by atoms with Gasteiger partial charge in [0.2, 0.25) is 23.6 Å². The zero-order chi connectivity index (χ0) is 72.8. The lowest BCUT2D eigenvalue weighted by Gasteiger charge is -2.34. The van der Waals surface area contributed by atoms with Crippen LogP contribution in [0.2, 0.25) is 0 Å². The van der Waals surface area contributed by atoms with Crippen molar-refractivity contribution in [1.29, 1.82) is 0 Å². The van der Waals surface area contributed by atoms with Crippen LogP contribution in [0.1, 0.15) is 158 Å². The van der Waals surface area contributed by atoms with Gasteiger partial charge in [-0.2, -0.15) is 0 Å². The van der Waals surface area contributed by atoms with Crippen molar-refractivity contribution < 1.29 is 61.7 Å². The Hall–Kier alpha value is -6.85. The van der Waals surface area contributed by atoms with Crippen LogP contribution in [-0.4, -0.2) is 141 Å². The van der Waals surface area contributed by atoms with Crippen LogP contribution in [0.15, 0.2) is 89.9 Å². The normalized spacial score (nSPS) is 16.8. The Morgan fingerprint density at radius 1 is 0.640 bits per heavy atom. The number of nitrogens with one attached hydrogen (secondary N) is 4. The molecule has 0 saturated carbocycles. The maximum atomic E-state index is 14.7. The third-order valence-electron chi connectivity index (χ3n) is 18.1. The summed E-state index contributed by atoms with van der Waals surface area (Å²) in [4.78, 5) is 107. The number of β-amino-alcohol motifs (C(OH)–C–C–N with tert-alkyl or cyclic N) is 2. The fourth-order valence-corrected chi connectivity index (χ4v) is 14.3. The molecule has 8 rings (SSSR count). The molecule has 2 aliphatic rings. The van der Waals surface area contributed by atoms with Gasteiger partial charge in [-0.3, -0.25) is 33.6 Å². The number of benzene rings is 4. The van der Waals surface area contributed by atoms with E-state index in [1.165, 1.54) is 21.9 Å². The number of ether oxygens (including phenoxy) is 1. The molecule has 4 heterocycles. The molecule has 8 N–H and O–H groups in total. The molecular weight excluding hydrogens is 1430 g/mol. The zero-order valence-electron chi connectivity index (χ0n) is 58.5. The van der Waals surface area contributed by atoms with E-state index in [2.05, 4.69) is 31.2 Å². The van der Waals surface area contributed by atoms with Crippen LogP contribution < -0.4 is 27.0 Å². The molecule has 2 fully saturated rings. The van der Waals surface area contributed by atoms with Gasteiger partial charge in [-0.25, -0.2) is 23.1 Å². The minimum Gasteiger partial charge on any atom is -0.391 e. The van der Waals surface area contributed by atoms with Crippen LogP contribution in [0.25, 0.3) is 20.9 Å². The summed E-state index contributed by atoms with van der Waals surface area (Å²) >= 11 is 5.09. The number of nitrogens with zero attached hydrogens (tertiary/aromatic N) is 4. The SMILES string of the molecule is Cc1ncsc1-c1ccc(CNC(=O)[C@@H]2C[C@@H](O)CN2C(=O)[C@@H](CC(=O)CCCCCN)C(C)(C)C)cc1.Cc1ncsc1-c1ccc(CNC(=O)[C@@H]2C[C@@H](O)CN2C(=O)[C@@H](CC(=O)CCCCCNCCCOCC(=O)c2ccc(F)c(F)c2Nc2ccc(I)cc2F)C(C)(C)C)cc1. The Kier molecular flexibility index (Phi) is 30.9. The number of carbonyl (C=O) groups is 7. The molecule has 25 heteroatoms. The fourth-order valence-electron chi connectivity index (χ4n) is 12.2. The molecule has 4 amide bonds. The second-order valence-electron chi connectivity index (χ2n) is 28.0. The minimum atomic E-state index is -1.29. The lowest BCUT2D eigenvalue weighted by molar-refractivity contribution is -0.146. The van der Waals surface area contributed by atoms with Crippen LogP contribution >= 0.6 is 45.3 Å². The summed E-state index contributed by atoms with van der Waals surface area (Å²) in [7, 11) is 0. The summed E-state index contributed by atoms with van der Waals surface area (Å²) in [6.07, 6.45) is 5.03. The topological polar surface area (TPSA) is 276 Å². The smallest absolute Gasteiger partial charge is 0.243 e. The van der Waals surface area contributed by atoms with E-state index in [1.54, 1.807) is 28.7 Å². The fraction of sp³-hybridized carbons (Fsp3) is 0.507. The molecule has 2 aliphatic heterocycles. The van der Waals surface area contributed by atoms with Crippen molar-refractivity contribution in [3.63, 3.8) is 0 Å². The molecule has 0 bridgehead atoms. The van der Waals surface area contributed by atoms with Crippen LogP contribution in [0.3, 0.4) is 0 Å². The molecular formula is C75H97F3IN9O10S2. The van der Waals surface area contributed by atoms with Gasteiger partial charge in [0.25, 0.3) is 0 Å². The Morgan fingerprint density at radius 2 is 1.12 bits per heavy atom. The Labute approximate surface area is 607 Å². The highest BCUT2D eigenvalue weighted by Crippen LogP contribution is 2.37. The van der Waals surface area contributed by atoms with Crippen molar-refractivity contribution in [2.75, 3.05) is 51.3 Å². The molecule has 0 unspecified atom stereocenters. The van der Waals surface area contributed by atoms with E-state index in [4.69, 9.17) is 10.5 Å². The highest BCUT2D eigenvalue weighted by molar-refractivity contribution is 14.1. The third-order valence-corrected chi connectivity index (χ3v) is 20.7. The van der Waals surface area contributed by atoms with E-state index in [-0.39, 0.29) is 105 Å². The molecule has 19 nitrogen and oxygen atoms in total. The Morgan fingerprint density at radius 3 is 1.57 bits per heavy atom. The van der Waals surface area contributed by atoms with Crippen molar-refractivity contribution >= 4 is 97.6 Å². The molecule has 542 valence electrons. The number of halogens is 4. The van der Waals surface area contributed by atoms with Crippen LogP contribution in [0.5, 0.6) is 0 Å². The number of likely N-dealkylation sites (tertiary alicyclic amines) is 2. The summed E-state index contributed by atoms with van der Waals surface area (Å²) in [6.45, 7) is 18.0. The van der Waals surface area contributed by atoms with Crippen molar-refractivity contribution in [3.8, 4) is 20.9 Å². The summed E-state index contributed by atoms with van der Waals surface area (Å²) in [5.74, 6) is -6.10. The third kappa shape index (κ3) is 23.6. The maximum Gasteiger partial charge on any atom is 0.243 e. The second kappa shape index (κ2) is 38.4. The number of nitrogens with two attached hydrogens (primary N) is 1. The van der Waals surface area contributed by atoms with Crippen LogP contribution in [0.4, 0.5) is 24.5 Å². The average Bonchev–Trinajstić information content (AvgIpc) is 1.57. The Balaban J connectivity index is 0.000000316. The number of aromatic nitrogens is 2. The molecule has 0 aliphatic carbocycles. The molecule has 6 aromatic rings.